The molecule has 1 rings (SSSR count). The number of carbonyl (C=O) groups is 6. The molecule has 15 heteroatoms. The number of aliphatic carboxylic acids is 3. The van der Waals surface area contributed by atoms with Crippen molar-refractivity contribution in [3.05, 3.63) is 35.9 Å². The molecular weight excluding hydrogens is 543 g/mol. The van der Waals surface area contributed by atoms with Crippen LogP contribution < -0.4 is 21.3 Å². The summed E-state index contributed by atoms with van der Waals surface area (Å²) in [5.41, 5.74) is -0.391. The molecule has 7 N–H and O–H groups in total. The van der Waals surface area contributed by atoms with Crippen LogP contribution in [0.4, 0.5) is 0 Å². The van der Waals surface area contributed by atoms with Gasteiger partial charge in [0, 0.05) is 18.6 Å². The average Bonchev–Trinajstić information content (AvgIpc) is 2.88. The van der Waals surface area contributed by atoms with Gasteiger partial charge in [-0.3, -0.25) is 24.0 Å². The molecule has 0 fully saturated rings. The Balaban J connectivity index is 3.03. The molecule has 1 aromatic rings. The molecule has 40 heavy (non-hydrogen) atoms. The summed E-state index contributed by atoms with van der Waals surface area (Å²) >= 11 is 3.91. The van der Waals surface area contributed by atoms with Gasteiger partial charge in [-0.25, -0.2) is 4.79 Å². The zero-order chi connectivity index (χ0) is 30.5. The van der Waals surface area contributed by atoms with Crippen molar-refractivity contribution in [3.8, 4) is 0 Å². The minimum Gasteiger partial charge on any atom is -0.481 e. The molecule has 13 nitrogen and oxygen atoms in total. The molecule has 2 radical (unpaired) electrons. The van der Waals surface area contributed by atoms with E-state index in [1.54, 1.807) is 44.2 Å². The molecule has 0 bridgehead atoms. The van der Waals surface area contributed by atoms with E-state index in [0.29, 0.717) is 12.0 Å². The second-order valence-electron chi connectivity index (χ2n) is 9.40. The fraction of sp³-hybridized carbons (Fsp3) is 0.520. The molecule has 0 aliphatic heterocycles. The van der Waals surface area contributed by atoms with E-state index in [-0.39, 0.29) is 25.0 Å². The third kappa shape index (κ3) is 12.5. The Morgan fingerprint density at radius 3 is 1.93 bits per heavy atom. The van der Waals surface area contributed by atoms with E-state index in [1.165, 1.54) is 0 Å². The van der Waals surface area contributed by atoms with E-state index in [4.69, 9.17) is 7.85 Å². The van der Waals surface area contributed by atoms with Gasteiger partial charge in [0.05, 0.1) is 14.3 Å². The second kappa shape index (κ2) is 16.5. The Hall–Kier alpha value is -3.59. The summed E-state index contributed by atoms with van der Waals surface area (Å²) in [6.45, 7) is 3.34. The number of nitrogens with one attached hydrogen (secondary N) is 4. The van der Waals surface area contributed by atoms with E-state index in [0.717, 1.165) is 0 Å². The minimum atomic E-state index is -1.61. The summed E-state index contributed by atoms with van der Waals surface area (Å²) in [4.78, 5) is 72.9. The standard InChI is InChI=1S/C25H35BN4O9S/c1-3-25(2,26)30-15(23(36)37)9-10-19(31)27-17(12-20(32)33)22(35)28-16(11-14-7-5-4-6-8-14)21(34)29-18(13-40)24(38)39/h4-8,15-18,30,40H,3,9-13H2,1-2H3,(H,27,31)(H,28,35)(H,29,34)(H,32,33)(H,36,37)(H,38,39). The SMILES string of the molecule is [B]C(C)(CC)NC(CCC(=O)NC(CC(=O)O)C(=O)NC(Cc1ccccc1)C(=O)NC(CS)C(=O)O)C(=O)O. The highest BCUT2D eigenvalue weighted by Gasteiger charge is 2.31. The van der Waals surface area contributed by atoms with Crippen molar-refractivity contribution >= 4 is 56.1 Å². The summed E-state index contributed by atoms with van der Waals surface area (Å²) in [6, 6.07) is 3.02. The fourth-order valence-corrected chi connectivity index (χ4v) is 3.72. The molecule has 0 aromatic heterocycles. The normalized spacial score (nSPS) is 15.4. The van der Waals surface area contributed by atoms with Crippen molar-refractivity contribution in [2.45, 2.75) is 75.6 Å². The van der Waals surface area contributed by atoms with Crippen molar-refractivity contribution in [3.63, 3.8) is 0 Å². The van der Waals surface area contributed by atoms with Gasteiger partial charge in [0.15, 0.2) is 0 Å². The van der Waals surface area contributed by atoms with Crippen LogP contribution in [0.5, 0.6) is 0 Å². The first-order chi connectivity index (χ1) is 18.7. The first kappa shape index (κ1) is 34.4. The maximum Gasteiger partial charge on any atom is 0.327 e. The third-order valence-corrected chi connectivity index (χ3v) is 6.30. The van der Waals surface area contributed by atoms with E-state index in [2.05, 4.69) is 33.9 Å². The zero-order valence-electron chi connectivity index (χ0n) is 22.3. The summed E-state index contributed by atoms with van der Waals surface area (Å²) < 4.78 is 0. The van der Waals surface area contributed by atoms with Crippen LogP contribution in [0, 0.1) is 0 Å². The maximum absolute atomic E-state index is 13.1. The fourth-order valence-electron chi connectivity index (χ4n) is 3.47. The Morgan fingerprint density at radius 1 is 0.875 bits per heavy atom. The highest BCUT2D eigenvalue weighted by Crippen LogP contribution is 2.09. The van der Waals surface area contributed by atoms with Gasteiger partial charge in [-0.15, -0.1) is 0 Å². The van der Waals surface area contributed by atoms with Gasteiger partial charge in [-0.1, -0.05) is 44.2 Å². The number of hydrogen-bond acceptors (Lipinski definition) is 8. The van der Waals surface area contributed by atoms with E-state index < -0.39 is 71.7 Å². The second-order valence-corrected chi connectivity index (χ2v) is 9.76. The number of carbonyl (C=O) groups excluding carboxylic acids is 3. The Kier molecular flexibility index (Phi) is 14.2. The van der Waals surface area contributed by atoms with Crippen LogP contribution in [0.15, 0.2) is 30.3 Å². The first-order valence-corrected chi connectivity index (χ1v) is 13.1. The smallest absolute Gasteiger partial charge is 0.327 e. The first-order valence-electron chi connectivity index (χ1n) is 12.5. The summed E-state index contributed by atoms with van der Waals surface area (Å²) in [5.74, 6) is -6.88. The Labute approximate surface area is 238 Å². The van der Waals surface area contributed by atoms with Crippen molar-refractivity contribution in [1.82, 2.24) is 21.3 Å². The Bertz CT molecular complexity index is 1060. The van der Waals surface area contributed by atoms with E-state index in [1.807, 2.05) is 0 Å². The third-order valence-electron chi connectivity index (χ3n) is 5.94. The lowest BCUT2D eigenvalue weighted by molar-refractivity contribution is -0.142. The van der Waals surface area contributed by atoms with Gasteiger partial charge in [-0.05, 0) is 23.8 Å². The lowest BCUT2D eigenvalue weighted by atomic mass is 9.76. The van der Waals surface area contributed by atoms with E-state index >= 15 is 0 Å². The molecule has 1 aromatic carbocycles. The maximum atomic E-state index is 13.1. The van der Waals surface area contributed by atoms with E-state index in [9.17, 15) is 44.1 Å². The van der Waals surface area contributed by atoms with Crippen LogP contribution in [0.3, 0.4) is 0 Å². The van der Waals surface area contributed by atoms with Gasteiger partial charge in [0.1, 0.15) is 24.2 Å². The number of thiol groups is 1. The van der Waals surface area contributed by atoms with Gasteiger partial charge in [-0.2, -0.15) is 12.6 Å². The highest BCUT2D eigenvalue weighted by molar-refractivity contribution is 7.80. The molecule has 5 unspecified atom stereocenters. The molecule has 5 atom stereocenters. The van der Waals surface area contributed by atoms with Crippen LogP contribution in [-0.2, 0) is 35.2 Å². The van der Waals surface area contributed by atoms with Crippen LogP contribution >= 0.6 is 12.6 Å². The molecule has 218 valence electrons. The molecule has 0 heterocycles. The van der Waals surface area contributed by atoms with Crippen molar-refractivity contribution in [2.24, 2.45) is 0 Å². The molecule has 0 aliphatic rings. The van der Waals surface area contributed by atoms with Crippen LogP contribution in [0.1, 0.15) is 45.1 Å². The highest BCUT2D eigenvalue weighted by atomic mass is 32.1. The number of benzene rings is 1. The summed E-state index contributed by atoms with van der Waals surface area (Å²) in [5, 5.41) is 37.7. The monoisotopic (exact) mass is 578 g/mol. The van der Waals surface area contributed by atoms with Gasteiger partial charge in [0.25, 0.3) is 0 Å². The van der Waals surface area contributed by atoms with Crippen LogP contribution in [0.2, 0.25) is 0 Å². The predicted molar refractivity (Wildman–Crippen MR) is 148 cm³/mol. The lowest BCUT2D eigenvalue weighted by Gasteiger charge is -2.29. The number of carboxylic acids is 3. The van der Waals surface area contributed by atoms with Crippen LogP contribution in [-0.4, -0.2) is 94.2 Å². The van der Waals surface area contributed by atoms with Gasteiger partial charge in [0.2, 0.25) is 17.7 Å². The number of rotatable bonds is 18. The number of amides is 3. The molecule has 3 amide bonds. The van der Waals surface area contributed by atoms with Gasteiger partial charge >= 0.3 is 17.9 Å². The average molecular weight is 578 g/mol. The molecule has 0 saturated carbocycles. The summed E-state index contributed by atoms with van der Waals surface area (Å²) in [7, 11) is 5.96. The molecular formula is C25H35BN4O9S. The summed E-state index contributed by atoms with van der Waals surface area (Å²) in [6.07, 6.45) is -1.06. The predicted octanol–water partition coefficient (Wildman–Crippen LogP) is -0.710. The largest absolute Gasteiger partial charge is 0.481 e. The van der Waals surface area contributed by atoms with Crippen LogP contribution in [0.25, 0.3) is 0 Å². The van der Waals surface area contributed by atoms with Crippen molar-refractivity contribution < 1.29 is 44.1 Å². The zero-order valence-corrected chi connectivity index (χ0v) is 23.1. The molecule has 0 spiro atoms. The number of carboxylic acid groups (broad SMARTS) is 3. The Morgan fingerprint density at radius 2 is 1.43 bits per heavy atom. The number of hydrogen-bond donors (Lipinski definition) is 8. The topological polar surface area (TPSA) is 211 Å². The van der Waals surface area contributed by atoms with Crippen molar-refractivity contribution in [1.29, 1.82) is 0 Å². The quantitative estimate of drug-likeness (QED) is 0.0810. The minimum absolute atomic E-state index is 0.0632. The van der Waals surface area contributed by atoms with Crippen molar-refractivity contribution in [2.75, 3.05) is 5.75 Å². The lowest BCUT2D eigenvalue weighted by Crippen LogP contribution is -2.57. The molecule has 0 saturated heterocycles. The molecule has 0 aliphatic carbocycles. The van der Waals surface area contributed by atoms with Gasteiger partial charge < -0.3 is 36.6 Å².